The molecule has 172 valence electrons. The Morgan fingerprint density at radius 3 is 2.48 bits per heavy atom. The van der Waals surface area contributed by atoms with Gasteiger partial charge in [-0.3, -0.25) is 19.7 Å². The molecule has 3 rings (SSSR count). The zero-order valence-electron chi connectivity index (χ0n) is 18.2. The average molecular weight is 454 g/mol. The zero-order chi connectivity index (χ0) is 24.1. The lowest BCUT2D eigenvalue weighted by atomic mass is 10.0. The van der Waals surface area contributed by atoms with Gasteiger partial charge in [0.15, 0.2) is 11.3 Å². The Bertz CT molecular complexity index is 1260. The van der Waals surface area contributed by atoms with Crippen LogP contribution < -0.4 is 15.7 Å². The summed E-state index contributed by atoms with van der Waals surface area (Å²) in [4.78, 5) is 48.2. The Morgan fingerprint density at radius 2 is 1.88 bits per heavy atom. The SMILES string of the molecule is CCOC(=O)C[C@H](NC(=O)c1cc2cc([N+](=O)[O-])cc(OC)c2oc1=O)c1ccc(C)cc1. The number of rotatable bonds is 8. The van der Waals surface area contributed by atoms with Gasteiger partial charge < -0.3 is 19.2 Å². The van der Waals surface area contributed by atoms with Gasteiger partial charge in [0.25, 0.3) is 11.6 Å². The number of nitro groups is 1. The first kappa shape index (κ1) is 23.5. The maximum Gasteiger partial charge on any atom is 0.349 e. The first-order valence-electron chi connectivity index (χ1n) is 10.1. The lowest BCUT2D eigenvalue weighted by Gasteiger charge is -2.18. The number of nitrogens with zero attached hydrogens (tertiary/aromatic N) is 1. The van der Waals surface area contributed by atoms with Crippen molar-refractivity contribution in [3.63, 3.8) is 0 Å². The molecular weight excluding hydrogens is 432 g/mol. The van der Waals surface area contributed by atoms with Crippen LogP contribution in [0.3, 0.4) is 0 Å². The van der Waals surface area contributed by atoms with E-state index in [2.05, 4.69) is 5.32 Å². The summed E-state index contributed by atoms with van der Waals surface area (Å²) in [5.41, 5.74) is -0.00205. The van der Waals surface area contributed by atoms with Crippen molar-refractivity contribution in [2.75, 3.05) is 13.7 Å². The van der Waals surface area contributed by atoms with Crippen molar-refractivity contribution in [1.82, 2.24) is 5.32 Å². The van der Waals surface area contributed by atoms with E-state index in [0.29, 0.717) is 5.56 Å². The predicted octanol–water partition coefficient (Wildman–Crippen LogP) is 3.44. The molecule has 0 aliphatic heterocycles. The molecule has 3 aromatic rings. The first-order chi connectivity index (χ1) is 15.7. The van der Waals surface area contributed by atoms with Crippen molar-refractivity contribution >= 4 is 28.5 Å². The predicted molar refractivity (Wildman–Crippen MR) is 118 cm³/mol. The smallest absolute Gasteiger partial charge is 0.349 e. The van der Waals surface area contributed by atoms with Gasteiger partial charge in [0.1, 0.15) is 5.56 Å². The van der Waals surface area contributed by atoms with Crippen LogP contribution >= 0.6 is 0 Å². The molecule has 0 fully saturated rings. The number of nitro benzene ring substituents is 1. The maximum atomic E-state index is 13.0. The topological polar surface area (TPSA) is 138 Å². The molecule has 0 spiro atoms. The molecule has 1 aromatic heterocycles. The summed E-state index contributed by atoms with van der Waals surface area (Å²) in [7, 11) is 1.28. The second-order valence-corrected chi connectivity index (χ2v) is 7.22. The van der Waals surface area contributed by atoms with E-state index in [1.165, 1.54) is 19.2 Å². The second kappa shape index (κ2) is 9.94. The van der Waals surface area contributed by atoms with E-state index < -0.39 is 28.5 Å². The van der Waals surface area contributed by atoms with Gasteiger partial charge in [-0.1, -0.05) is 29.8 Å². The lowest BCUT2D eigenvalue weighted by Crippen LogP contribution is -2.33. The minimum Gasteiger partial charge on any atom is -0.493 e. The number of ether oxygens (including phenoxy) is 2. The Morgan fingerprint density at radius 1 is 1.18 bits per heavy atom. The molecule has 1 amide bonds. The molecule has 0 aliphatic carbocycles. The highest BCUT2D eigenvalue weighted by Crippen LogP contribution is 2.30. The van der Waals surface area contributed by atoms with E-state index in [-0.39, 0.29) is 41.0 Å². The van der Waals surface area contributed by atoms with Crippen molar-refractivity contribution in [3.05, 3.63) is 79.7 Å². The number of esters is 1. The monoisotopic (exact) mass is 454 g/mol. The quantitative estimate of drug-likeness (QED) is 0.236. The van der Waals surface area contributed by atoms with E-state index in [1.807, 2.05) is 19.1 Å². The summed E-state index contributed by atoms with van der Waals surface area (Å²) in [5.74, 6) is -1.33. The van der Waals surface area contributed by atoms with Gasteiger partial charge in [0, 0.05) is 11.5 Å². The number of carbonyl (C=O) groups excluding carboxylic acids is 2. The minimum atomic E-state index is -0.953. The van der Waals surface area contributed by atoms with Gasteiger partial charge >= 0.3 is 11.6 Å². The van der Waals surface area contributed by atoms with Crippen LogP contribution in [0.5, 0.6) is 5.75 Å². The van der Waals surface area contributed by atoms with Crippen LogP contribution in [0.25, 0.3) is 11.0 Å². The molecule has 1 atom stereocenters. The zero-order valence-corrected chi connectivity index (χ0v) is 18.2. The summed E-state index contributed by atoms with van der Waals surface area (Å²) >= 11 is 0. The van der Waals surface area contributed by atoms with Gasteiger partial charge in [0.05, 0.1) is 37.2 Å². The number of carbonyl (C=O) groups is 2. The number of benzene rings is 2. The van der Waals surface area contributed by atoms with Crippen LogP contribution in [-0.2, 0) is 9.53 Å². The van der Waals surface area contributed by atoms with E-state index in [0.717, 1.165) is 11.6 Å². The van der Waals surface area contributed by atoms with Crippen LogP contribution in [0.15, 0.2) is 51.7 Å². The molecule has 1 N–H and O–H groups in total. The summed E-state index contributed by atoms with van der Waals surface area (Å²) in [6.45, 7) is 3.75. The lowest BCUT2D eigenvalue weighted by molar-refractivity contribution is -0.384. The van der Waals surface area contributed by atoms with Crippen molar-refractivity contribution in [1.29, 1.82) is 0 Å². The van der Waals surface area contributed by atoms with E-state index in [9.17, 15) is 24.5 Å². The van der Waals surface area contributed by atoms with Gasteiger partial charge in [-0.2, -0.15) is 0 Å². The van der Waals surface area contributed by atoms with Crippen molar-refractivity contribution in [2.45, 2.75) is 26.3 Å². The summed E-state index contributed by atoms with van der Waals surface area (Å²) < 4.78 is 15.3. The molecule has 0 aliphatic rings. The largest absolute Gasteiger partial charge is 0.493 e. The Hall–Kier alpha value is -4.21. The molecule has 0 unspecified atom stereocenters. The number of nitrogens with one attached hydrogen (secondary N) is 1. The third kappa shape index (κ3) is 5.35. The third-order valence-electron chi connectivity index (χ3n) is 4.92. The first-order valence-corrected chi connectivity index (χ1v) is 10.1. The number of methoxy groups -OCH3 is 1. The standard InChI is InChI=1S/C23H22N2O8/c1-4-32-20(26)12-18(14-7-5-13(2)6-8-14)24-22(27)17-10-15-9-16(25(29)30)11-19(31-3)21(15)33-23(17)28/h5-11,18H,4,12H2,1-3H3,(H,24,27)/t18-/m0/s1. The summed E-state index contributed by atoms with van der Waals surface area (Å²) in [6.07, 6.45) is -0.152. The molecule has 1 heterocycles. The number of amides is 1. The number of aryl methyl sites for hydroxylation is 1. The van der Waals surface area contributed by atoms with Crippen LogP contribution in [0.2, 0.25) is 0 Å². The van der Waals surface area contributed by atoms with Crippen molar-refractivity contribution in [2.24, 2.45) is 0 Å². The fourth-order valence-electron chi connectivity index (χ4n) is 3.28. The highest BCUT2D eigenvalue weighted by Gasteiger charge is 2.24. The van der Waals surface area contributed by atoms with E-state index in [4.69, 9.17) is 13.9 Å². The van der Waals surface area contributed by atoms with E-state index >= 15 is 0 Å². The number of hydrogen-bond donors (Lipinski definition) is 1. The van der Waals surface area contributed by atoms with Gasteiger partial charge in [-0.15, -0.1) is 0 Å². The number of fused-ring (bicyclic) bond motifs is 1. The van der Waals surface area contributed by atoms with Crippen molar-refractivity contribution < 1.29 is 28.4 Å². The molecular formula is C23H22N2O8. The van der Waals surface area contributed by atoms with Crippen LogP contribution in [0, 0.1) is 17.0 Å². The average Bonchev–Trinajstić information content (AvgIpc) is 2.78. The molecule has 0 saturated carbocycles. The fourth-order valence-corrected chi connectivity index (χ4v) is 3.28. The number of hydrogen-bond acceptors (Lipinski definition) is 8. The molecule has 10 heteroatoms. The maximum absolute atomic E-state index is 13.0. The molecule has 10 nitrogen and oxygen atoms in total. The van der Waals surface area contributed by atoms with Crippen molar-refractivity contribution in [3.8, 4) is 5.75 Å². The van der Waals surface area contributed by atoms with Gasteiger partial charge in [-0.25, -0.2) is 4.79 Å². The Labute approximate surface area is 188 Å². The number of non-ortho nitro benzene ring substituents is 1. The molecule has 2 aromatic carbocycles. The normalized spacial score (nSPS) is 11.6. The summed E-state index contributed by atoms with van der Waals surface area (Å²) in [5, 5.41) is 14.0. The Balaban J connectivity index is 2.00. The molecule has 33 heavy (non-hydrogen) atoms. The van der Waals surface area contributed by atoms with Crippen LogP contribution in [0.1, 0.15) is 40.9 Å². The molecule has 0 saturated heterocycles. The minimum absolute atomic E-state index is 0.0110. The highest BCUT2D eigenvalue weighted by atomic mass is 16.6. The van der Waals surface area contributed by atoms with Gasteiger partial charge in [-0.05, 0) is 25.5 Å². The molecule has 0 bridgehead atoms. The van der Waals surface area contributed by atoms with Gasteiger partial charge in [0.2, 0.25) is 0 Å². The van der Waals surface area contributed by atoms with Crippen LogP contribution in [-0.4, -0.2) is 30.5 Å². The Kier molecular flexibility index (Phi) is 7.07. The fraction of sp³-hybridized carbons (Fsp3) is 0.261. The highest BCUT2D eigenvalue weighted by molar-refractivity contribution is 5.98. The van der Waals surface area contributed by atoms with Crippen LogP contribution in [0.4, 0.5) is 5.69 Å². The third-order valence-corrected chi connectivity index (χ3v) is 4.92. The second-order valence-electron chi connectivity index (χ2n) is 7.22. The molecule has 0 radical (unpaired) electrons. The van der Waals surface area contributed by atoms with E-state index in [1.54, 1.807) is 19.1 Å². The summed E-state index contributed by atoms with van der Waals surface area (Å²) in [6, 6.07) is 9.90.